The fraction of sp³-hybridized carbons (Fsp3) is 0.851. The van der Waals surface area contributed by atoms with Crippen LogP contribution in [0.1, 0.15) is 201 Å². The van der Waals surface area contributed by atoms with Gasteiger partial charge in [0.25, 0.3) is 0 Å². The van der Waals surface area contributed by atoms with E-state index in [9.17, 15) is 14.4 Å². The van der Waals surface area contributed by atoms with Crippen LogP contribution in [0.2, 0.25) is 0 Å². The molecule has 0 saturated heterocycles. The summed E-state index contributed by atoms with van der Waals surface area (Å²) in [5, 5.41) is 0. The van der Waals surface area contributed by atoms with Gasteiger partial charge in [-0.05, 0) is 64.5 Å². The Labute approximate surface area is 334 Å². The normalized spacial score (nSPS) is 11.9. The van der Waals surface area contributed by atoms with Gasteiger partial charge in [-0.1, -0.05) is 168 Å². The molecule has 0 radical (unpaired) electrons. The summed E-state index contributed by atoms with van der Waals surface area (Å²) in [6.07, 6.45) is 37.5. The molecule has 0 heterocycles. The number of rotatable bonds is 39. The highest BCUT2D eigenvalue weighted by atomic mass is 16.5. The van der Waals surface area contributed by atoms with Crippen LogP contribution < -0.4 is 0 Å². The number of carbonyl (C=O) groups is 3. The molecule has 0 spiro atoms. The number of hydrogen-bond donors (Lipinski definition) is 0. The van der Waals surface area contributed by atoms with Gasteiger partial charge in [0.15, 0.2) is 0 Å². The number of ether oxygens (including phenoxy) is 2. The molecule has 0 fully saturated rings. The van der Waals surface area contributed by atoms with Crippen molar-refractivity contribution in [3.63, 3.8) is 0 Å². The molecule has 0 atom stereocenters. The zero-order valence-electron chi connectivity index (χ0n) is 36.5. The lowest BCUT2D eigenvalue weighted by Gasteiger charge is -2.24. The zero-order valence-corrected chi connectivity index (χ0v) is 36.5. The van der Waals surface area contributed by atoms with E-state index in [4.69, 9.17) is 9.47 Å². The Morgan fingerprint density at radius 1 is 0.463 bits per heavy atom. The first-order chi connectivity index (χ1) is 26.3. The minimum atomic E-state index is -0.0993. The van der Waals surface area contributed by atoms with Gasteiger partial charge >= 0.3 is 11.9 Å². The van der Waals surface area contributed by atoms with Crippen molar-refractivity contribution < 1.29 is 23.9 Å². The van der Waals surface area contributed by atoms with Crippen LogP contribution in [-0.2, 0) is 23.9 Å². The van der Waals surface area contributed by atoms with Gasteiger partial charge in [-0.15, -0.1) is 0 Å². The molecule has 0 aromatic heterocycles. The van der Waals surface area contributed by atoms with Gasteiger partial charge in [0.2, 0.25) is 5.91 Å². The third-order valence-electron chi connectivity index (χ3n) is 10.6. The van der Waals surface area contributed by atoms with E-state index in [1.54, 1.807) is 0 Å². The van der Waals surface area contributed by atoms with Gasteiger partial charge in [0, 0.05) is 38.9 Å². The van der Waals surface area contributed by atoms with Gasteiger partial charge in [-0.2, -0.15) is 0 Å². The number of nitrogens with zero attached hydrogens (tertiary/aromatic N) is 2. The molecular weight excluding hydrogens is 673 g/mol. The topological polar surface area (TPSA) is 76.1 Å². The molecule has 54 heavy (non-hydrogen) atoms. The minimum Gasteiger partial charge on any atom is -0.461 e. The number of carbonyl (C=O) groups excluding carboxylic acids is 3. The van der Waals surface area contributed by atoms with E-state index in [0.717, 1.165) is 109 Å². The fourth-order valence-corrected chi connectivity index (χ4v) is 6.91. The second kappa shape index (κ2) is 39.1. The molecule has 1 amide bonds. The first-order valence-corrected chi connectivity index (χ1v) is 22.8. The molecule has 7 nitrogen and oxygen atoms in total. The Morgan fingerprint density at radius 3 is 1.20 bits per heavy atom. The zero-order chi connectivity index (χ0) is 39.9. The van der Waals surface area contributed by atoms with Crippen molar-refractivity contribution in [2.24, 2.45) is 11.8 Å². The van der Waals surface area contributed by atoms with Crippen LogP contribution in [0.3, 0.4) is 0 Å². The minimum absolute atomic E-state index is 0.0993. The lowest BCUT2D eigenvalue weighted by Crippen LogP contribution is -2.34. The van der Waals surface area contributed by atoms with Crippen LogP contribution in [0.4, 0.5) is 0 Å². The molecule has 0 aliphatic heterocycles. The largest absolute Gasteiger partial charge is 0.461 e. The molecule has 0 unspecified atom stereocenters. The summed E-state index contributed by atoms with van der Waals surface area (Å²) in [4.78, 5) is 41.5. The van der Waals surface area contributed by atoms with E-state index in [1.807, 2.05) is 26.2 Å². The van der Waals surface area contributed by atoms with Gasteiger partial charge in [-0.3, -0.25) is 14.4 Å². The SMILES string of the molecule is CCCCC(C/C=C\COC(=O)CCCCCCCN(CCCCCCCC(=O)OC/C=C\CC(CCCC)CCCC)C(=O)CCN(C)C)CCCC. The van der Waals surface area contributed by atoms with E-state index in [-0.39, 0.29) is 17.8 Å². The molecule has 0 saturated carbocycles. The first kappa shape index (κ1) is 51.9. The predicted octanol–water partition coefficient (Wildman–Crippen LogP) is 12.4. The summed E-state index contributed by atoms with van der Waals surface area (Å²) in [6.45, 7) is 12.2. The Morgan fingerprint density at radius 2 is 0.833 bits per heavy atom. The molecule has 0 aliphatic carbocycles. The second-order valence-electron chi connectivity index (χ2n) is 16.1. The third kappa shape index (κ3) is 34.3. The molecule has 0 aromatic carbocycles. The maximum absolute atomic E-state index is 13.0. The van der Waals surface area contributed by atoms with Gasteiger partial charge in [0.1, 0.15) is 13.2 Å². The van der Waals surface area contributed by atoms with Crippen molar-refractivity contribution in [3.05, 3.63) is 24.3 Å². The fourth-order valence-electron chi connectivity index (χ4n) is 6.91. The van der Waals surface area contributed by atoms with E-state index < -0.39 is 0 Å². The highest BCUT2D eigenvalue weighted by Crippen LogP contribution is 2.21. The Kier molecular flexibility index (Phi) is 37.5. The third-order valence-corrected chi connectivity index (χ3v) is 10.6. The Bertz CT molecular complexity index is 855. The van der Waals surface area contributed by atoms with Crippen LogP contribution in [-0.4, -0.2) is 74.6 Å². The van der Waals surface area contributed by atoms with Gasteiger partial charge in [-0.25, -0.2) is 0 Å². The van der Waals surface area contributed by atoms with Crippen LogP contribution in [0.5, 0.6) is 0 Å². The van der Waals surface area contributed by atoms with Crippen LogP contribution in [0, 0.1) is 11.8 Å². The highest BCUT2D eigenvalue weighted by molar-refractivity contribution is 5.76. The summed E-state index contributed by atoms with van der Waals surface area (Å²) in [5.74, 6) is 1.56. The first-order valence-electron chi connectivity index (χ1n) is 22.8. The number of amides is 1. The van der Waals surface area contributed by atoms with E-state index in [2.05, 4.69) is 49.6 Å². The molecule has 7 heteroatoms. The summed E-state index contributed by atoms with van der Waals surface area (Å²) in [6, 6.07) is 0. The average molecular weight is 761 g/mol. The maximum Gasteiger partial charge on any atom is 0.306 e. The molecule has 0 N–H and O–H groups in total. The molecule has 0 bridgehead atoms. The molecule has 0 aliphatic rings. The van der Waals surface area contributed by atoms with Crippen LogP contribution in [0.25, 0.3) is 0 Å². The average Bonchev–Trinajstić information content (AvgIpc) is 3.16. The monoisotopic (exact) mass is 761 g/mol. The quantitative estimate of drug-likeness (QED) is 0.0353. The summed E-state index contributed by atoms with van der Waals surface area (Å²) in [7, 11) is 4.02. The van der Waals surface area contributed by atoms with Crippen molar-refractivity contribution in [1.82, 2.24) is 9.80 Å². The second-order valence-corrected chi connectivity index (χ2v) is 16.1. The number of hydrogen-bond acceptors (Lipinski definition) is 6. The summed E-state index contributed by atoms with van der Waals surface area (Å²) < 4.78 is 10.9. The molecular formula is C47H88N2O5. The summed E-state index contributed by atoms with van der Waals surface area (Å²) >= 11 is 0. The summed E-state index contributed by atoms with van der Waals surface area (Å²) in [5.41, 5.74) is 0. The Hall–Kier alpha value is -2.15. The maximum atomic E-state index is 13.0. The van der Waals surface area contributed by atoms with Crippen molar-refractivity contribution in [2.75, 3.05) is 46.9 Å². The number of esters is 2. The molecule has 0 aromatic rings. The molecule has 0 rings (SSSR count). The van der Waals surface area contributed by atoms with Crippen molar-refractivity contribution in [2.45, 2.75) is 201 Å². The molecule has 316 valence electrons. The van der Waals surface area contributed by atoms with Crippen LogP contribution in [0.15, 0.2) is 24.3 Å². The standard InChI is InChI=1S/C47H88N2O5/c1-7-11-29-43(30-12-8-2)33-23-27-41-53-46(51)35-21-17-15-19-25-38-49(45(50)37-40-48(5)6)39-26-20-16-18-22-36-47(52)54-42-28-24-34-44(31-13-9-3)32-14-10-4/h23-24,27-28,43-44H,7-22,25-26,29-42H2,1-6H3/b27-23-,28-24-. The van der Waals surface area contributed by atoms with Crippen molar-refractivity contribution >= 4 is 17.8 Å². The van der Waals surface area contributed by atoms with Crippen molar-refractivity contribution in [1.29, 1.82) is 0 Å². The number of allylic oxidation sites excluding steroid dienone is 2. The smallest absolute Gasteiger partial charge is 0.306 e. The van der Waals surface area contributed by atoms with Crippen molar-refractivity contribution in [3.8, 4) is 0 Å². The number of unbranched alkanes of at least 4 members (excludes halogenated alkanes) is 12. The predicted molar refractivity (Wildman–Crippen MR) is 230 cm³/mol. The van der Waals surface area contributed by atoms with Gasteiger partial charge < -0.3 is 19.3 Å². The van der Waals surface area contributed by atoms with Gasteiger partial charge in [0.05, 0.1) is 0 Å². The highest BCUT2D eigenvalue weighted by Gasteiger charge is 2.14. The van der Waals surface area contributed by atoms with Crippen LogP contribution >= 0.6 is 0 Å². The van der Waals surface area contributed by atoms with E-state index >= 15 is 0 Å². The lowest BCUT2D eigenvalue weighted by atomic mass is 9.93. The lowest BCUT2D eigenvalue weighted by molar-refractivity contribution is -0.143. The van der Waals surface area contributed by atoms with E-state index in [1.165, 1.54) is 77.0 Å². The Balaban J connectivity index is 4.19. The van der Waals surface area contributed by atoms with E-state index in [0.29, 0.717) is 32.5 Å².